The largest absolute Gasteiger partial charge is 0.326 e. The molecule has 1 fully saturated rings. The van der Waals surface area contributed by atoms with E-state index in [2.05, 4.69) is 16.7 Å². The summed E-state index contributed by atoms with van der Waals surface area (Å²) < 4.78 is 0. The molecule has 1 saturated heterocycles. The number of hydrogen-bond acceptors (Lipinski definition) is 4. The molecule has 1 heterocycles. The topological polar surface area (TPSA) is 106 Å². The van der Waals surface area contributed by atoms with Crippen molar-refractivity contribution in [1.82, 2.24) is 4.90 Å². The average molecular weight is 462 g/mol. The van der Waals surface area contributed by atoms with Gasteiger partial charge in [-0.15, -0.1) is 0 Å². The predicted molar refractivity (Wildman–Crippen MR) is 132 cm³/mol. The third kappa shape index (κ3) is 7.62. The van der Waals surface area contributed by atoms with Gasteiger partial charge in [0.1, 0.15) is 0 Å². The van der Waals surface area contributed by atoms with Crippen molar-refractivity contribution in [3.63, 3.8) is 0 Å². The van der Waals surface area contributed by atoms with Crippen LogP contribution in [0.15, 0.2) is 54.6 Å². The maximum atomic E-state index is 12.7. The van der Waals surface area contributed by atoms with Crippen molar-refractivity contribution in [2.75, 3.05) is 35.2 Å². The number of likely N-dealkylation sites (tertiary alicyclic amines) is 1. The van der Waals surface area contributed by atoms with Gasteiger partial charge in [-0.25, -0.2) is 4.79 Å². The van der Waals surface area contributed by atoms with E-state index in [9.17, 15) is 14.4 Å². The normalized spacial score (nSPS) is 13.3. The minimum absolute atomic E-state index is 0.0299. The SMILES string of the molecule is N#CCCN(C(=O)CCC(=O)Nc1ccc(NC(=O)N2CCCCCC2)cc1)c1ccccc1. The number of urea groups is 1. The molecule has 8 nitrogen and oxygen atoms in total. The van der Waals surface area contributed by atoms with Gasteiger partial charge in [0.25, 0.3) is 0 Å². The van der Waals surface area contributed by atoms with E-state index in [0.29, 0.717) is 17.1 Å². The van der Waals surface area contributed by atoms with Crippen molar-refractivity contribution < 1.29 is 14.4 Å². The van der Waals surface area contributed by atoms with Crippen LogP contribution in [0.1, 0.15) is 44.9 Å². The number of hydrogen-bond donors (Lipinski definition) is 2. The van der Waals surface area contributed by atoms with Crippen LogP contribution in [0.2, 0.25) is 0 Å². The summed E-state index contributed by atoms with van der Waals surface area (Å²) in [6, 6.07) is 18.0. The number of para-hydroxylation sites is 1. The van der Waals surface area contributed by atoms with Gasteiger partial charge in [0.15, 0.2) is 0 Å². The second-order valence-corrected chi connectivity index (χ2v) is 8.25. The van der Waals surface area contributed by atoms with E-state index >= 15 is 0 Å². The molecule has 34 heavy (non-hydrogen) atoms. The molecule has 0 saturated carbocycles. The van der Waals surface area contributed by atoms with E-state index in [0.717, 1.165) is 38.8 Å². The van der Waals surface area contributed by atoms with Crippen LogP contribution in [0.5, 0.6) is 0 Å². The highest BCUT2D eigenvalue weighted by Gasteiger charge is 2.17. The third-order valence-corrected chi connectivity index (χ3v) is 5.70. The summed E-state index contributed by atoms with van der Waals surface area (Å²) in [5.74, 6) is -0.480. The van der Waals surface area contributed by atoms with Crippen LogP contribution in [-0.2, 0) is 9.59 Å². The molecule has 0 spiro atoms. The van der Waals surface area contributed by atoms with Crippen LogP contribution in [0.25, 0.3) is 0 Å². The van der Waals surface area contributed by atoms with Crippen molar-refractivity contribution in [1.29, 1.82) is 5.26 Å². The number of carbonyl (C=O) groups excluding carboxylic acids is 3. The van der Waals surface area contributed by atoms with Crippen molar-refractivity contribution in [2.24, 2.45) is 0 Å². The fourth-order valence-corrected chi connectivity index (χ4v) is 3.86. The van der Waals surface area contributed by atoms with Gasteiger partial charge in [-0.1, -0.05) is 31.0 Å². The Balaban J connectivity index is 1.48. The number of benzene rings is 2. The van der Waals surface area contributed by atoms with Crippen LogP contribution >= 0.6 is 0 Å². The van der Waals surface area contributed by atoms with Crippen molar-refractivity contribution in [2.45, 2.75) is 44.9 Å². The summed E-state index contributed by atoms with van der Waals surface area (Å²) in [5.41, 5.74) is 1.97. The summed E-state index contributed by atoms with van der Waals surface area (Å²) in [6.07, 6.45) is 4.66. The Bertz CT molecular complexity index is 993. The van der Waals surface area contributed by atoms with Crippen LogP contribution in [0.4, 0.5) is 21.9 Å². The third-order valence-electron chi connectivity index (χ3n) is 5.70. The van der Waals surface area contributed by atoms with Gasteiger partial charge in [-0.05, 0) is 49.2 Å². The van der Waals surface area contributed by atoms with Crippen LogP contribution in [0, 0.1) is 11.3 Å². The minimum Gasteiger partial charge on any atom is -0.326 e. The van der Waals surface area contributed by atoms with Gasteiger partial charge < -0.3 is 20.4 Å². The van der Waals surface area contributed by atoms with E-state index in [1.807, 2.05) is 35.2 Å². The standard InChI is InChI=1S/C26H31N5O3/c27-17-8-20-31(23-9-4-3-5-10-23)25(33)16-15-24(32)28-21-11-13-22(14-12-21)29-26(34)30-18-6-1-2-7-19-30/h3-5,9-14H,1-2,6-8,15-16,18-20H2,(H,28,32)(H,29,34). The first kappa shape index (κ1) is 24.8. The number of amides is 4. The molecular weight excluding hydrogens is 430 g/mol. The molecule has 0 unspecified atom stereocenters. The summed E-state index contributed by atoms with van der Waals surface area (Å²) >= 11 is 0. The highest BCUT2D eigenvalue weighted by atomic mass is 16.2. The lowest BCUT2D eigenvalue weighted by atomic mass is 10.2. The monoisotopic (exact) mass is 461 g/mol. The molecule has 1 aliphatic rings. The first-order valence-electron chi connectivity index (χ1n) is 11.7. The van der Waals surface area contributed by atoms with E-state index in [-0.39, 0.29) is 43.7 Å². The zero-order valence-electron chi connectivity index (χ0n) is 19.3. The lowest BCUT2D eigenvalue weighted by Crippen LogP contribution is -2.35. The van der Waals surface area contributed by atoms with Crippen LogP contribution in [0.3, 0.4) is 0 Å². The van der Waals surface area contributed by atoms with Gasteiger partial charge in [-0.3, -0.25) is 9.59 Å². The van der Waals surface area contributed by atoms with Crippen molar-refractivity contribution in [3.8, 4) is 6.07 Å². The van der Waals surface area contributed by atoms with Crippen molar-refractivity contribution >= 4 is 34.9 Å². The van der Waals surface area contributed by atoms with Gasteiger partial charge in [0.2, 0.25) is 11.8 Å². The zero-order chi connectivity index (χ0) is 24.2. The quantitative estimate of drug-likeness (QED) is 0.591. The van der Waals surface area contributed by atoms with E-state index < -0.39 is 0 Å². The molecule has 0 aliphatic carbocycles. The molecule has 3 rings (SSSR count). The van der Waals surface area contributed by atoms with E-state index in [4.69, 9.17) is 5.26 Å². The van der Waals surface area contributed by atoms with Gasteiger partial charge in [0.05, 0.1) is 12.5 Å². The first-order chi connectivity index (χ1) is 16.6. The molecule has 0 aromatic heterocycles. The van der Waals surface area contributed by atoms with Gasteiger partial charge in [-0.2, -0.15) is 5.26 Å². The van der Waals surface area contributed by atoms with Crippen molar-refractivity contribution in [3.05, 3.63) is 54.6 Å². The predicted octanol–water partition coefficient (Wildman–Crippen LogP) is 4.76. The van der Waals surface area contributed by atoms with E-state index in [1.54, 1.807) is 24.3 Å². The molecule has 2 aromatic carbocycles. The second kappa shape index (κ2) is 13.0. The number of nitrogens with one attached hydrogen (secondary N) is 2. The fraction of sp³-hybridized carbons (Fsp3) is 0.385. The summed E-state index contributed by atoms with van der Waals surface area (Å²) in [7, 11) is 0. The van der Waals surface area contributed by atoms with Gasteiger partial charge in [0, 0.05) is 49.5 Å². The average Bonchev–Trinajstić information content (AvgIpc) is 3.15. The smallest absolute Gasteiger partial charge is 0.321 e. The molecule has 8 heteroatoms. The lowest BCUT2D eigenvalue weighted by molar-refractivity contribution is -0.122. The minimum atomic E-state index is -0.275. The molecule has 2 N–H and O–H groups in total. The Kier molecular flexibility index (Phi) is 9.47. The summed E-state index contributed by atoms with van der Waals surface area (Å²) in [4.78, 5) is 40.9. The highest BCUT2D eigenvalue weighted by molar-refractivity contribution is 5.98. The van der Waals surface area contributed by atoms with Crippen LogP contribution < -0.4 is 15.5 Å². The Hall–Kier alpha value is -3.86. The summed E-state index contributed by atoms with van der Waals surface area (Å²) in [5, 5.41) is 14.6. The lowest BCUT2D eigenvalue weighted by Gasteiger charge is -2.21. The van der Waals surface area contributed by atoms with Gasteiger partial charge >= 0.3 is 6.03 Å². The Morgan fingerprint density at radius 2 is 1.47 bits per heavy atom. The Morgan fingerprint density at radius 1 is 0.853 bits per heavy atom. The maximum absolute atomic E-state index is 12.7. The number of anilines is 3. The zero-order valence-corrected chi connectivity index (χ0v) is 19.3. The Labute approximate surface area is 200 Å². The number of carbonyl (C=O) groups is 3. The molecular formula is C26H31N5O3. The highest BCUT2D eigenvalue weighted by Crippen LogP contribution is 2.18. The first-order valence-corrected chi connectivity index (χ1v) is 11.7. The molecule has 0 radical (unpaired) electrons. The summed E-state index contributed by atoms with van der Waals surface area (Å²) in [6.45, 7) is 1.83. The fourth-order valence-electron chi connectivity index (χ4n) is 3.86. The molecule has 4 amide bonds. The molecule has 0 bridgehead atoms. The number of nitriles is 1. The van der Waals surface area contributed by atoms with E-state index in [1.165, 1.54) is 4.90 Å². The Morgan fingerprint density at radius 3 is 2.09 bits per heavy atom. The number of nitrogens with zero attached hydrogens (tertiary/aromatic N) is 3. The van der Waals surface area contributed by atoms with Crippen LogP contribution in [-0.4, -0.2) is 42.4 Å². The molecule has 1 aliphatic heterocycles. The number of rotatable bonds is 8. The maximum Gasteiger partial charge on any atom is 0.321 e. The second-order valence-electron chi connectivity index (χ2n) is 8.25. The molecule has 178 valence electrons. The molecule has 2 aromatic rings. The molecule has 0 atom stereocenters.